The van der Waals surface area contributed by atoms with Crippen LogP contribution in [-0.4, -0.2) is 32.8 Å². The van der Waals surface area contributed by atoms with E-state index in [4.69, 9.17) is 9.16 Å². The second-order valence-electron chi connectivity index (χ2n) is 8.86. The molecule has 5 nitrogen and oxygen atoms in total. The fourth-order valence-electron chi connectivity index (χ4n) is 5.30. The van der Waals surface area contributed by atoms with Crippen LogP contribution < -0.4 is 5.32 Å². The lowest BCUT2D eigenvalue weighted by molar-refractivity contribution is -0.146. The fraction of sp³-hybridized carbons (Fsp3) is 0.810. The Kier molecular flexibility index (Phi) is 7.17. The minimum absolute atomic E-state index is 0.0413. The van der Waals surface area contributed by atoms with Crippen LogP contribution in [0.5, 0.6) is 0 Å². The monoisotopic (exact) mass is 395 g/mol. The van der Waals surface area contributed by atoms with E-state index >= 15 is 0 Å². The minimum atomic E-state index is -2.11. The molecule has 154 valence electrons. The minimum Gasteiger partial charge on any atom is -0.546 e. The predicted molar refractivity (Wildman–Crippen MR) is 110 cm³/mol. The van der Waals surface area contributed by atoms with Gasteiger partial charge in [-0.05, 0) is 42.5 Å². The summed E-state index contributed by atoms with van der Waals surface area (Å²) >= 11 is 0. The number of hydrogen-bond donors (Lipinski definition) is 1. The average Bonchev–Trinajstić information content (AvgIpc) is 2.88. The van der Waals surface area contributed by atoms with E-state index in [1.807, 2.05) is 0 Å². The van der Waals surface area contributed by atoms with Gasteiger partial charge in [0.1, 0.15) is 0 Å². The van der Waals surface area contributed by atoms with Crippen LogP contribution in [0, 0.1) is 11.8 Å². The number of ether oxygens (including phenoxy) is 1. The lowest BCUT2D eigenvalue weighted by Crippen LogP contribution is -2.49. The van der Waals surface area contributed by atoms with Gasteiger partial charge < -0.3 is 14.5 Å². The first kappa shape index (κ1) is 22.0. The van der Waals surface area contributed by atoms with Gasteiger partial charge in [-0.1, -0.05) is 41.5 Å². The molecule has 2 rings (SSSR count). The van der Waals surface area contributed by atoms with Gasteiger partial charge in [0, 0.05) is 12.0 Å². The summed E-state index contributed by atoms with van der Waals surface area (Å²) in [5.41, 5.74) is 1.40. The topological polar surface area (TPSA) is 64.6 Å². The molecular weight excluding hydrogens is 358 g/mol. The van der Waals surface area contributed by atoms with Gasteiger partial charge in [0.05, 0.1) is 24.7 Å². The molecule has 1 saturated heterocycles. The van der Waals surface area contributed by atoms with Crippen LogP contribution in [0.1, 0.15) is 67.7 Å². The molecule has 0 unspecified atom stereocenters. The van der Waals surface area contributed by atoms with Crippen molar-refractivity contribution in [3.8, 4) is 0 Å². The average molecular weight is 396 g/mol. The molecule has 1 aliphatic carbocycles. The van der Waals surface area contributed by atoms with Crippen LogP contribution in [0.4, 0.5) is 0 Å². The number of rotatable bonds is 8. The normalized spacial score (nSPS) is 25.5. The van der Waals surface area contributed by atoms with Crippen molar-refractivity contribution in [3.05, 3.63) is 11.8 Å². The largest absolute Gasteiger partial charge is 0.546 e. The Labute approximate surface area is 165 Å². The molecule has 27 heavy (non-hydrogen) atoms. The highest BCUT2D eigenvalue weighted by atomic mass is 28.4. The van der Waals surface area contributed by atoms with Gasteiger partial charge in [0.15, 0.2) is 0 Å². The number of nitrogens with one attached hydrogen (secondary N) is 1. The molecule has 0 spiro atoms. The van der Waals surface area contributed by atoms with Gasteiger partial charge in [0.25, 0.3) is 8.32 Å². The molecule has 1 aliphatic heterocycles. The van der Waals surface area contributed by atoms with Crippen molar-refractivity contribution >= 4 is 20.2 Å². The van der Waals surface area contributed by atoms with Crippen molar-refractivity contribution in [2.75, 3.05) is 6.61 Å². The van der Waals surface area contributed by atoms with E-state index < -0.39 is 14.2 Å². The quantitative estimate of drug-likeness (QED) is 0.484. The Morgan fingerprint density at radius 1 is 1.19 bits per heavy atom. The number of esters is 1. The molecule has 1 fully saturated rings. The number of allylic oxidation sites excluding steroid dienone is 1. The zero-order valence-corrected chi connectivity index (χ0v) is 19.0. The van der Waals surface area contributed by atoms with Crippen molar-refractivity contribution in [1.82, 2.24) is 5.32 Å². The molecule has 6 heteroatoms. The third-order valence-corrected chi connectivity index (χ3v) is 12.4. The maximum absolute atomic E-state index is 12.6. The van der Waals surface area contributed by atoms with E-state index in [2.05, 4.69) is 52.9 Å². The highest BCUT2D eigenvalue weighted by Crippen LogP contribution is 2.47. The number of carbonyl (C=O) groups excluding carboxylic acids is 2. The number of carbonyl (C=O) groups is 2. The maximum atomic E-state index is 12.6. The maximum Gasteiger partial charge on any atom is 0.306 e. The van der Waals surface area contributed by atoms with E-state index in [0.717, 1.165) is 18.6 Å². The summed E-state index contributed by atoms with van der Waals surface area (Å²) in [6, 6.07) is 0.0649. The van der Waals surface area contributed by atoms with Gasteiger partial charge in [-0.25, -0.2) is 0 Å². The molecule has 1 amide bonds. The summed E-state index contributed by atoms with van der Waals surface area (Å²) in [5.74, 6) is 0.155. The number of fused-ring (bicyclic) bond motifs is 1. The molecule has 1 heterocycles. The number of amides is 1. The Balaban J connectivity index is 2.33. The molecule has 0 aromatic carbocycles. The van der Waals surface area contributed by atoms with Crippen LogP contribution >= 0.6 is 0 Å². The lowest BCUT2D eigenvalue weighted by Gasteiger charge is -2.45. The van der Waals surface area contributed by atoms with E-state index in [0.29, 0.717) is 23.2 Å². The van der Waals surface area contributed by atoms with Crippen molar-refractivity contribution in [1.29, 1.82) is 0 Å². The van der Waals surface area contributed by atoms with Crippen LogP contribution in [0.3, 0.4) is 0 Å². The van der Waals surface area contributed by atoms with Gasteiger partial charge in [0.2, 0.25) is 5.91 Å². The summed E-state index contributed by atoms with van der Waals surface area (Å²) in [7, 11) is -2.11. The van der Waals surface area contributed by atoms with E-state index in [9.17, 15) is 9.59 Å². The molecular formula is C21H37NO4Si. The Bertz CT molecular complexity index is 563. The summed E-state index contributed by atoms with van der Waals surface area (Å²) in [6.45, 7) is 15.7. The summed E-state index contributed by atoms with van der Waals surface area (Å²) in [5, 5.41) is 3.10. The molecule has 0 saturated carbocycles. The second-order valence-corrected chi connectivity index (χ2v) is 14.2. The van der Waals surface area contributed by atoms with Crippen LogP contribution in [-0.2, 0) is 18.8 Å². The van der Waals surface area contributed by atoms with E-state index in [-0.39, 0.29) is 30.3 Å². The molecule has 3 atom stereocenters. The highest BCUT2D eigenvalue weighted by Gasteiger charge is 2.52. The number of hydrogen-bond acceptors (Lipinski definition) is 4. The molecule has 0 aromatic heterocycles. The smallest absolute Gasteiger partial charge is 0.306 e. The standard InChI is InChI=1S/C21H37NO4Si/c1-8-25-19(23)12-16-20-17(22-21(16)24)10-9-11-18(20)26-27(13(2)3,14(4)5)15(6)7/h11,13-17,20H,8-10,12H2,1-7H3,(H,22,24)/t16-,17+,20+/m0/s1. The fourth-order valence-corrected chi connectivity index (χ4v) is 10.6. The van der Waals surface area contributed by atoms with E-state index in [1.165, 1.54) is 0 Å². The molecule has 1 N–H and O–H groups in total. The molecule has 2 aliphatic rings. The van der Waals surface area contributed by atoms with Gasteiger partial charge in [-0.3, -0.25) is 9.59 Å². The Morgan fingerprint density at radius 3 is 2.30 bits per heavy atom. The van der Waals surface area contributed by atoms with E-state index in [1.54, 1.807) is 6.92 Å². The summed E-state index contributed by atoms with van der Waals surface area (Å²) in [6.07, 6.45) is 4.11. The lowest BCUT2D eigenvalue weighted by atomic mass is 9.81. The van der Waals surface area contributed by atoms with Crippen LogP contribution in [0.15, 0.2) is 11.8 Å². The predicted octanol–water partition coefficient (Wildman–Crippen LogP) is 4.54. The first-order valence-corrected chi connectivity index (χ1v) is 12.6. The first-order chi connectivity index (χ1) is 12.6. The zero-order chi connectivity index (χ0) is 20.4. The van der Waals surface area contributed by atoms with Crippen molar-refractivity contribution < 1.29 is 18.8 Å². The molecule has 0 radical (unpaired) electrons. The summed E-state index contributed by atoms with van der Waals surface area (Å²) in [4.78, 5) is 24.7. The van der Waals surface area contributed by atoms with Crippen molar-refractivity contribution in [3.63, 3.8) is 0 Å². The third kappa shape index (κ3) is 4.25. The van der Waals surface area contributed by atoms with Crippen LogP contribution in [0.25, 0.3) is 0 Å². The van der Waals surface area contributed by atoms with Crippen molar-refractivity contribution in [2.45, 2.75) is 90.4 Å². The third-order valence-electron chi connectivity index (χ3n) is 6.38. The SMILES string of the molecule is CCOC(=O)C[C@@H]1C(=O)N[C@@H]2CCC=C(O[Si](C(C)C)(C(C)C)C(C)C)[C@H]12. The second kappa shape index (κ2) is 8.80. The first-order valence-electron chi connectivity index (χ1n) is 10.5. The van der Waals surface area contributed by atoms with Gasteiger partial charge >= 0.3 is 5.97 Å². The van der Waals surface area contributed by atoms with Gasteiger partial charge in [-0.2, -0.15) is 0 Å². The molecule has 0 bridgehead atoms. The Hall–Kier alpha value is -1.30. The van der Waals surface area contributed by atoms with Gasteiger partial charge in [-0.15, -0.1) is 0 Å². The molecule has 0 aromatic rings. The summed E-state index contributed by atoms with van der Waals surface area (Å²) < 4.78 is 12.1. The highest BCUT2D eigenvalue weighted by molar-refractivity contribution is 6.77. The van der Waals surface area contributed by atoms with Crippen molar-refractivity contribution in [2.24, 2.45) is 11.8 Å². The Morgan fingerprint density at radius 2 is 1.78 bits per heavy atom. The zero-order valence-electron chi connectivity index (χ0n) is 18.0. The van der Waals surface area contributed by atoms with Crippen LogP contribution in [0.2, 0.25) is 16.6 Å².